The van der Waals surface area contributed by atoms with Crippen molar-refractivity contribution in [3.05, 3.63) is 12.4 Å². The van der Waals surface area contributed by atoms with Crippen molar-refractivity contribution in [1.82, 2.24) is 34.6 Å². The van der Waals surface area contributed by atoms with Crippen LogP contribution < -0.4 is 11.1 Å². The molecule has 0 aliphatic carbocycles. The molecule has 3 N–H and O–H groups in total. The smallest absolute Gasteiger partial charge is 0.410 e. The first-order chi connectivity index (χ1) is 15.8. The molecule has 1 aliphatic heterocycles. The van der Waals surface area contributed by atoms with Gasteiger partial charge >= 0.3 is 6.09 Å². The van der Waals surface area contributed by atoms with Gasteiger partial charge in [-0.1, -0.05) is 0 Å². The Morgan fingerprint density at radius 3 is 2.61 bits per heavy atom. The lowest BCUT2D eigenvalue weighted by molar-refractivity contribution is 0.0148. The van der Waals surface area contributed by atoms with Gasteiger partial charge in [-0.05, 0) is 38.0 Å². The van der Waals surface area contributed by atoms with E-state index in [2.05, 4.69) is 30.5 Å². The van der Waals surface area contributed by atoms with E-state index in [9.17, 15) is 4.79 Å². The number of imidazole rings is 1. The number of nitrogens with two attached hydrogens (primary N) is 1. The summed E-state index contributed by atoms with van der Waals surface area (Å²) in [6.45, 7) is 12.8. The van der Waals surface area contributed by atoms with Gasteiger partial charge in [-0.2, -0.15) is 0 Å². The normalized spacial score (nSPS) is 15.2. The number of piperazine rings is 1. The summed E-state index contributed by atoms with van der Waals surface area (Å²) in [5, 5.41) is 11.1. The third-order valence-electron chi connectivity index (χ3n) is 5.46. The van der Waals surface area contributed by atoms with E-state index in [0.29, 0.717) is 31.2 Å². The number of carbonyl (C=O) groups excluding carboxylic acids is 1. The monoisotopic (exact) mass is 457 g/mol. The average molecular weight is 458 g/mol. The van der Waals surface area contributed by atoms with E-state index >= 15 is 0 Å². The van der Waals surface area contributed by atoms with Crippen molar-refractivity contribution in [2.45, 2.75) is 39.8 Å². The Morgan fingerprint density at radius 1 is 1.21 bits per heavy atom. The summed E-state index contributed by atoms with van der Waals surface area (Å²) in [6.07, 6.45) is 3.27. The summed E-state index contributed by atoms with van der Waals surface area (Å²) in [7, 11) is 0. The van der Waals surface area contributed by atoms with Crippen LogP contribution in [-0.2, 0) is 11.3 Å². The number of hydrogen-bond acceptors (Lipinski definition) is 10. The standard InChI is InChI=1S/C21H31N9O3/c1-5-30-17-14(12-23-13-15(17)25-19(30)16-18(22)27-33-26-16)24-6-7-28-8-10-29(11-9-28)20(31)32-21(2,3)4/h12-13,24H,5-11H2,1-4H3,(H2,22,27). The molecule has 0 spiro atoms. The predicted molar refractivity (Wildman–Crippen MR) is 124 cm³/mol. The van der Waals surface area contributed by atoms with Gasteiger partial charge in [0.1, 0.15) is 11.1 Å². The molecule has 12 nitrogen and oxygen atoms in total. The second-order valence-electron chi connectivity index (χ2n) is 8.97. The van der Waals surface area contributed by atoms with Gasteiger partial charge in [0.25, 0.3) is 0 Å². The lowest BCUT2D eigenvalue weighted by atomic mass is 10.2. The minimum Gasteiger partial charge on any atom is -0.444 e. The van der Waals surface area contributed by atoms with Gasteiger partial charge < -0.3 is 25.3 Å². The van der Waals surface area contributed by atoms with Crippen LogP contribution in [0.25, 0.3) is 22.6 Å². The second kappa shape index (κ2) is 9.22. The van der Waals surface area contributed by atoms with Gasteiger partial charge in [-0.25, -0.2) is 14.4 Å². The fraction of sp³-hybridized carbons (Fsp3) is 0.571. The number of pyridine rings is 1. The highest BCUT2D eigenvalue weighted by molar-refractivity contribution is 5.90. The number of anilines is 2. The molecule has 4 heterocycles. The molecule has 0 bridgehead atoms. The molecular weight excluding hydrogens is 426 g/mol. The number of nitrogen functional groups attached to an aromatic ring is 1. The van der Waals surface area contributed by atoms with Crippen LogP contribution in [0.1, 0.15) is 27.7 Å². The fourth-order valence-electron chi connectivity index (χ4n) is 3.89. The van der Waals surface area contributed by atoms with E-state index in [-0.39, 0.29) is 11.9 Å². The van der Waals surface area contributed by atoms with Gasteiger partial charge in [-0.15, -0.1) is 0 Å². The molecule has 4 rings (SSSR count). The SMILES string of the molecule is CCn1c(-c2nonc2N)nc2cncc(NCCN3CCN(C(=O)OC(C)(C)C)CC3)c21. The first-order valence-electron chi connectivity index (χ1n) is 11.1. The van der Waals surface area contributed by atoms with Crippen molar-refractivity contribution < 1.29 is 14.2 Å². The Morgan fingerprint density at radius 2 is 1.97 bits per heavy atom. The van der Waals surface area contributed by atoms with E-state index in [1.807, 2.05) is 32.3 Å². The van der Waals surface area contributed by atoms with E-state index in [1.165, 1.54) is 0 Å². The molecule has 1 fully saturated rings. The van der Waals surface area contributed by atoms with Crippen LogP contribution in [0, 0.1) is 0 Å². The number of fused-ring (bicyclic) bond motifs is 1. The molecule has 0 aromatic carbocycles. The van der Waals surface area contributed by atoms with Crippen molar-refractivity contribution >= 4 is 28.6 Å². The summed E-state index contributed by atoms with van der Waals surface area (Å²) in [4.78, 5) is 25.3. The lowest BCUT2D eigenvalue weighted by Gasteiger charge is -2.35. The van der Waals surface area contributed by atoms with Crippen molar-refractivity contribution in [3.63, 3.8) is 0 Å². The molecule has 1 amide bonds. The van der Waals surface area contributed by atoms with Crippen LogP contribution >= 0.6 is 0 Å². The first-order valence-corrected chi connectivity index (χ1v) is 11.1. The highest BCUT2D eigenvalue weighted by Crippen LogP contribution is 2.30. The van der Waals surface area contributed by atoms with Crippen molar-refractivity contribution in [2.75, 3.05) is 50.3 Å². The lowest BCUT2D eigenvalue weighted by Crippen LogP contribution is -2.50. The topological polar surface area (TPSA) is 140 Å². The van der Waals surface area contributed by atoms with E-state index in [1.54, 1.807) is 17.3 Å². The number of carbonyl (C=O) groups is 1. The molecule has 0 radical (unpaired) electrons. The molecule has 3 aromatic rings. The van der Waals surface area contributed by atoms with Crippen LogP contribution in [0.5, 0.6) is 0 Å². The van der Waals surface area contributed by atoms with E-state index in [4.69, 9.17) is 15.1 Å². The van der Waals surface area contributed by atoms with Crippen LogP contribution in [0.3, 0.4) is 0 Å². The van der Waals surface area contributed by atoms with Crippen LogP contribution in [0.15, 0.2) is 17.0 Å². The maximum absolute atomic E-state index is 12.2. The van der Waals surface area contributed by atoms with Crippen LogP contribution in [-0.4, -0.2) is 85.6 Å². The molecule has 0 unspecified atom stereocenters. The van der Waals surface area contributed by atoms with Gasteiger partial charge in [0.2, 0.25) is 0 Å². The Kier molecular flexibility index (Phi) is 6.36. The molecule has 3 aromatic heterocycles. The van der Waals surface area contributed by atoms with Crippen molar-refractivity contribution in [1.29, 1.82) is 0 Å². The number of aryl methyl sites for hydroxylation is 1. The minimum atomic E-state index is -0.478. The predicted octanol–water partition coefficient (Wildman–Crippen LogP) is 2.05. The molecule has 12 heteroatoms. The van der Waals surface area contributed by atoms with Crippen molar-refractivity contribution in [3.8, 4) is 11.5 Å². The van der Waals surface area contributed by atoms with Gasteiger partial charge in [0.15, 0.2) is 17.3 Å². The summed E-state index contributed by atoms with van der Waals surface area (Å²) in [6, 6.07) is 0. The maximum atomic E-state index is 12.2. The number of nitrogens with one attached hydrogen (secondary N) is 1. The number of nitrogens with zero attached hydrogens (tertiary/aromatic N) is 7. The maximum Gasteiger partial charge on any atom is 0.410 e. The molecule has 1 saturated heterocycles. The zero-order valence-electron chi connectivity index (χ0n) is 19.5. The first kappa shape index (κ1) is 22.8. The summed E-state index contributed by atoms with van der Waals surface area (Å²) in [5.74, 6) is 0.800. The molecule has 1 aliphatic rings. The summed E-state index contributed by atoms with van der Waals surface area (Å²) in [5.41, 5.74) is 8.38. The van der Waals surface area contributed by atoms with Gasteiger partial charge in [0.05, 0.1) is 23.6 Å². The number of ether oxygens (including phenoxy) is 1. The van der Waals surface area contributed by atoms with Crippen LogP contribution in [0.4, 0.5) is 16.3 Å². The fourth-order valence-corrected chi connectivity index (χ4v) is 3.89. The van der Waals surface area contributed by atoms with Crippen LogP contribution in [0.2, 0.25) is 0 Å². The highest BCUT2D eigenvalue weighted by Gasteiger charge is 2.26. The number of amides is 1. The molecule has 0 saturated carbocycles. The number of rotatable bonds is 6. The molecule has 0 atom stereocenters. The van der Waals surface area contributed by atoms with Gasteiger partial charge in [0, 0.05) is 45.8 Å². The quantitative estimate of drug-likeness (QED) is 0.565. The Bertz CT molecular complexity index is 1110. The van der Waals surface area contributed by atoms with E-state index in [0.717, 1.165) is 42.9 Å². The Hall–Kier alpha value is -3.41. The third-order valence-corrected chi connectivity index (χ3v) is 5.46. The third kappa shape index (κ3) is 5.00. The summed E-state index contributed by atoms with van der Waals surface area (Å²) < 4.78 is 12.2. The highest BCUT2D eigenvalue weighted by atomic mass is 16.6. The zero-order chi connectivity index (χ0) is 23.6. The average Bonchev–Trinajstić information content (AvgIpc) is 3.36. The Balaban J connectivity index is 1.38. The van der Waals surface area contributed by atoms with Crippen molar-refractivity contribution in [2.24, 2.45) is 0 Å². The van der Waals surface area contributed by atoms with E-state index < -0.39 is 5.60 Å². The largest absolute Gasteiger partial charge is 0.444 e. The molecular formula is C21H31N9O3. The zero-order valence-corrected chi connectivity index (χ0v) is 19.5. The number of aromatic nitrogens is 5. The second-order valence-corrected chi connectivity index (χ2v) is 8.97. The minimum absolute atomic E-state index is 0.202. The van der Waals surface area contributed by atoms with Gasteiger partial charge in [-0.3, -0.25) is 9.88 Å². The summed E-state index contributed by atoms with van der Waals surface area (Å²) >= 11 is 0. The molecule has 178 valence electrons. The Labute approximate surface area is 192 Å². The molecule has 33 heavy (non-hydrogen) atoms. The number of hydrogen-bond donors (Lipinski definition) is 2.